The van der Waals surface area contributed by atoms with Gasteiger partial charge in [0.15, 0.2) is 0 Å². The van der Waals surface area contributed by atoms with Crippen molar-refractivity contribution in [3.63, 3.8) is 0 Å². The lowest BCUT2D eigenvalue weighted by Gasteiger charge is -2.22. The molecule has 1 aliphatic carbocycles. The van der Waals surface area contributed by atoms with E-state index in [2.05, 4.69) is 205 Å². The third kappa shape index (κ3) is 4.38. The predicted octanol–water partition coefficient (Wildman–Crippen LogP) is 14.7. The van der Waals surface area contributed by atoms with Crippen LogP contribution in [0.4, 0.5) is 0 Å². The summed E-state index contributed by atoms with van der Waals surface area (Å²) < 4.78 is 7.52. The minimum atomic E-state index is -0.0789. The molecule has 0 amide bonds. The van der Waals surface area contributed by atoms with Crippen LogP contribution in [0.1, 0.15) is 25.0 Å². The predicted molar refractivity (Wildman–Crippen MR) is 239 cm³/mol. The van der Waals surface area contributed by atoms with Crippen molar-refractivity contribution >= 4 is 64.2 Å². The SMILES string of the molecule is CC1(C)c2ccccc2-c2c(-n3c(-c4cccc5sc6ccc(-c7ccc8c(c7)c7ccccc7n8-c7ccccc7)cc6c45)cc4ccccc43)cccc21. The van der Waals surface area contributed by atoms with Crippen LogP contribution in [0.15, 0.2) is 182 Å². The molecule has 3 aromatic heterocycles. The van der Waals surface area contributed by atoms with Crippen LogP contribution in [0.25, 0.3) is 97.8 Å². The Labute approximate surface area is 329 Å². The molecule has 2 nitrogen and oxygen atoms in total. The van der Waals surface area contributed by atoms with Gasteiger partial charge in [0.25, 0.3) is 0 Å². The van der Waals surface area contributed by atoms with E-state index in [0.29, 0.717) is 0 Å². The maximum absolute atomic E-state index is 2.53. The van der Waals surface area contributed by atoms with Crippen molar-refractivity contribution in [3.05, 3.63) is 193 Å². The van der Waals surface area contributed by atoms with Gasteiger partial charge in [-0.05, 0) is 94.5 Å². The number of benzene rings is 8. The van der Waals surface area contributed by atoms with Crippen LogP contribution >= 0.6 is 11.3 Å². The second-order valence-electron chi connectivity index (χ2n) is 15.7. The molecule has 11 aromatic rings. The van der Waals surface area contributed by atoms with Gasteiger partial charge in [-0.25, -0.2) is 0 Å². The van der Waals surface area contributed by atoms with Gasteiger partial charge in [0.05, 0.1) is 27.9 Å². The van der Waals surface area contributed by atoms with E-state index in [4.69, 9.17) is 0 Å². The van der Waals surface area contributed by atoms with E-state index >= 15 is 0 Å². The molecule has 8 aromatic carbocycles. The second kappa shape index (κ2) is 11.7. The molecule has 12 rings (SSSR count). The fourth-order valence-electron chi connectivity index (χ4n) is 9.76. The fraction of sp³-hybridized carbons (Fsp3) is 0.0566. The number of rotatable bonds is 4. The molecule has 0 bridgehead atoms. The number of fused-ring (bicyclic) bond motifs is 10. The van der Waals surface area contributed by atoms with Crippen molar-refractivity contribution in [1.29, 1.82) is 0 Å². The first-order valence-electron chi connectivity index (χ1n) is 19.4. The standard InChI is InChI=1S/C53H36N2S/c1-53(2)42-20-9-7-18-38(42)52-43(53)21-13-24-47(52)55-44-22-10-6-14-35(44)32-48(55)39-19-12-25-50-51(39)41-31-34(27-29-49(41)56-50)33-26-28-46-40(30-33)37-17-8-11-23-45(37)54(46)36-15-4-3-5-16-36/h3-32H,1-2H3. The highest BCUT2D eigenvalue weighted by molar-refractivity contribution is 7.26. The van der Waals surface area contributed by atoms with Crippen molar-refractivity contribution < 1.29 is 0 Å². The highest BCUT2D eigenvalue weighted by Gasteiger charge is 2.37. The average molecular weight is 733 g/mol. The molecule has 1 aliphatic rings. The van der Waals surface area contributed by atoms with Gasteiger partial charge < -0.3 is 9.13 Å². The van der Waals surface area contributed by atoms with Crippen LogP contribution in [0.5, 0.6) is 0 Å². The van der Waals surface area contributed by atoms with Gasteiger partial charge in [0.2, 0.25) is 0 Å². The van der Waals surface area contributed by atoms with Crippen molar-refractivity contribution in [2.75, 3.05) is 0 Å². The maximum Gasteiger partial charge on any atom is 0.0548 e. The molecule has 264 valence electrons. The Morgan fingerprint density at radius 2 is 1.12 bits per heavy atom. The molecular formula is C53H36N2S. The van der Waals surface area contributed by atoms with Crippen molar-refractivity contribution in [2.45, 2.75) is 19.3 Å². The highest BCUT2D eigenvalue weighted by Crippen LogP contribution is 2.52. The normalized spacial score (nSPS) is 13.3. The number of nitrogens with zero attached hydrogens (tertiary/aromatic N) is 2. The Hall–Kier alpha value is -6.68. The Morgan fingerprint density at radius 3 is 2.02 bits per heavy atom. The molecule has 3 heteroatoms. The van der Waals surface area contributed by atoms with Crippen LogP contribution in [-0.2, 0) is 5.41 Å². The summed E-state index contributed by atoms with van der Waals surface area (Å²) in [5, 5.41) is 6.39. The fourth-order valence-corrected chi connectivity index (χ4v) is 10.9. The Balaban J connectivity index is 1.08. The topological polar surface area (TPSA) is 9.86 Å². The van der Waals surface area contributed by atoms with Gasteiger partial charge in [-0.3, -0.25) is 0 Å². The van der Waals surface area contributed by atoms with Gasteiger partial charge in [0, 0.05) is 58.6 Å². The van der Waals surface area contributed by atoms with E-state index in [-0.39, 0.29) is 5.41 Å². The molecule has 56 heavy (non-hydrogen) atoms. The second-order valence-corrected chi connectivity index (χ2v) is 16.8. The lowest BCUT2D eigenvalue weighted by Crippen LogP contribution is -2.15. The Morgan fingerprint density at radius 1 is 0.446 bits per heavy atom. The molecule has 0 saturated heterocycles. The van der Waals surface area contributed by atoms with Crippen molar-refractivity contribution in [2.24, 2.45) is 0 Å². The quantitative estimate of drug-likeness (QED) is 0.170. The van der Waals surface area contributed by atoms with E-state index in [1.165, 1.54) is 109 Å². The maximum atomic E-state index is 2.53. The summed E-state index contributed by atoms with van der Waals surface area (Å²) in [6.07, 6.45) is 0. The average Bonchev–Trinajstić information content (AvgIpc) is 3.98. The molecular weight excluding hydrogens is 697 g/mol. The zero-order chi connectivity index (χ0) is 37.1. The molecule has 0 N–H and O–H groups in total. The van der Waals surface area contributed by atoms with Crippen LogP contribution < -0.4 is 0 Å². The molecule has 0 aliphatic heterocycles. The molecule has 3 heterocycles. The summed E-state index contributed by atoms with van der Waals surface area (Å²) in [6.45, 7) is 4.73. The number of aromatic nitrogens is 2. The lowest BCUT2D eigenvalue weighted by molar-refractivity contribution is 0.660. The minimum Gasteiger partial charge on any atom is -0.309 e. The van der Waals surface area contributed by atoms with E-state index in [1.807, 2.05) is 11.3 Å². The smallest absolute Gasteiger partial charge is 0.0548 e. The van der Waals surface area contributed by atoms with Crippen LogP contribution in [0.3, 0.4) is 0 Å². The van der Waals surface area contributed by atoms with Crippen molar-refractivity contribution in [3.8, 4) is 44.9 Å². The highest BCUT2D eigenvalue weighted by atomic mass is 32.1. The van der Waals surface area contributed by atoms with Gasteiger partial charge in [-0.2, -0.15) is 0 Å². The molecule has 0 saturated carbocycles. The summed E-state index contributed by atoms with van der Waals surface area (Å²) >= 11 is 1.89. The van der Waals surface area contributed by atoms with Crippen molar-refractivity contribution in [1.82, 2.24) is 9.13 Å². The third-order valence-corrected chi connectivity index (χ3v) is 13.5. The zero-order valence-corrected chi connectivity index (χ0v) is 31.9. The van der Waals surface area contributed by atoms with Gasteiger partial charge in [-0.15, -0.1) is 11.3 Å². The van der Waals surface area contributed by atoms with Crippen LogP contribution in [0.2, 0.25) is 0 Å². The molecule has 0 fully saturated rings. The minimum absolute atomic E-state index is 0.0789. The number of para-hydroxylation sites is 3. The largest absolute Gasteiger partial charge is 0.309 e. The summed E-state index contributed by atoms with van der Waals surface area (Å²) in [7, 11) is 0. The van der Waals surface area contributed by atoms with E-state index in [1.54, 1.807) is 0 Å². The van der Waals surface area contributed by atoms with E-state index in [9.17, 15) is 0 Å². The molecule has 0 spiro atoms. The summed E-state index contributed by atoms with van der Waals surface area (Å²) in [5.74, 6) is 0. The van der Waals surface area contributed by atoms with Crippen LogP contribution in [0, 0.1) is 0 Å². The lowest BCUT2D eigenvalue weighted by atomic mass is 9.82. The van der Waals surface area contributed by atoms with Crippen LogP contribution in [-0.4, -0.2) is 9.13 Å². The van der Waals surface area contributed by atoms with Gasteiger partial charge >= 0.3 is 0 Å². The summed E-state index contributed by atoms with van der Waals surface area (Å²) in [5.41, 5.74) is 16.4. The first-order valence-corrected chi connectivity index (χ1v) is 20.3. The number of thiophene rings is 1. The Bertz CT molecular complexity index is 3390. The number of hydrogen-bond acceptors (Lipinski definition) is 1. The zero-order valence-electron chi connectivity index (χ0n) is 31.1. The van der Waals surface area contributed by atoms with E-state index in [0.717, 1.165) is 0 Å². The third-order valence-electron chi connectivity index (χ3n) is 12.3. The first kappa shape index (κ1) is 31.6. The van der Waals surface area contributed by atoms with Gasteiger partial charge in [0.1, 0.15) is 0 Å². The van der Waals surface area contributed by atoms with E-state index < -0.39 is 0 Å². The summed E-state index contributed by atoms with van der Waals surface area (Å²) in [6, 6.07) is 67.5. The van der Waals surface area contributed by atoms with Gasteiger partial charge in [-0.1, -0.05) is 129 Å². The summed E-state index contributed by atoms with van der Waals surface area (Å²) in [4.78, 5) is 0. The Kier molecular flexibility index (Phi) is 6.59. The number of hydrogen-bond donors (Lipinski definition) is 0. The molecule has 0 radical (unpaired) electrons. The monoisotopic (exact) mass is 732 g/mol. The molecule has 0 atom stereocenters. The first-order chi connectivity index (χ1) is 27.5. The molecule has 0 unspecified atom stereocenters.